The van der Waals surface area contributed by atoms with Crippen LogP contribution in [0.5, 0.6) is 0 Å². The van der Waals surface area contributed by atoms with Crippen LogP contribution in [0.1, 0.15) is 22.8 Å². The second-order valence-electron chi connectivity index (χ2n) is 5.93. The first-order chi connectivity index (χ1) is 13.0. The molecule has 0 radical (unpaired) electrons. The molecule has 1 aliphatic rings. The summed E-state index contributed by atoms with van der Waals surface area (Å²) in [5.74, 6) is 0.927. The van der Waals surface area contributed by atoms with Gasteiger partial charge in [0.25, 0.3) is 11.8 Å². The smallest absolute Gasteiger partial charge is 0.265 e. The average molecular weight is 403 g/mol. The van der Waals surface area contributed by atoms with Crippen molar-refractivity contribution in [1.82, 2.24) is 5.32 Å². The molecule has 0 atom stereocenters. The maximum absolute atomic E-state index is 12.4. The van der Waals surface area contributed by atoms with Crippen LogP contribution in [0.25, 0.3) is 0 Å². The monoisotopic (exact) mass is 402 g/mol. The summed E-state index contributed by atoms with van der Waals surface area (Å²) in [6, 6.07) is 14.1. The van der Waals surface area contributed by atoms with Crippen molar-refractivity contribution in [2.24, 2.45) is 0 Å². The topological polar surface area (TPSA) is 67.4 Å². The minimum absolute atomic E-state index is 0.216. The number of nitrogens with one attached hydrogen (secondary N) is 2. The van der Waals surface area contributed by atoms with E-state index in [1.54, 1.807) is 43.3 Å². The second kappa shape index (κ2) is 8.97. The highest BCUT2D eigenvalue weighted by Crippen LogP contribution is 2.26. The summed E-state index contributed by atoms with van der Waals surface area (Å²) >= 11 is 7.33. The zero-order valence-corrected chi connectivity index (χ0v) is 16.3. The van der Waals surface area contributed by atoms with Gasteiger partial charge in [-0.05, 0) is 42.8 Å². The van der Waals surface area contributed by atoms with E-state index in [0.29, 0.717) is 40.1 Å². The highest BCUT2D eigenvalue weighted by atomic mass is 35.5. The number of allylic oxidation sites excluding steroid dienone is 1. The van der Waals surface area contributed by atoms with E-state index in [2.05, 4.69) is 10.6 Å². The van der Waals surface area contributed by atoms with Gasteiger partial charge in [0.2, 0.25) is 0 Å². The van der Waals surface area contributed by atoms with E-state index in [0.717, 1.165) is 11.3 Å². The highest BCUT2D eigenvalue weighted by molar-refractivity contribution is 8.04. The molecule has 2 amide bonds. The van der Waals surface area contributed by atoms with Crippen molar-refractivity contribution in [2.45, 2.75) is 13.5 Å². The fourth-order valence-corrected chi connectivity index (χ4v) is 3.48. The van der Waals surface area contributed by atoms with Crippen molar-refractivity contribution in [3.05, 3.63) is 75.3 Å². The molecule has 5 nitrogen and oxygen atoms in total. The first-order valence-electron chi connectivity index (χ1n) is 8.43. The van der Waals surface area contributed by atoms with E-state index < -0.39 is 0 Å². The van der Waals surface area contributed by atoms with Crippen LogP contribution in [0.3, 0.4) is 0 Å². The van der Waals surface area contributed by atoms with E-state index >= 15 is 0 Å². The normalized spacial score (nSPS) is 13.7. The maximum Gasteiger partial charge on any atom is 0.265 e. The van der Waals surface area contributed by atoms with Crippen molar-refractivity contribution in [3.63, 3.8) is 0 Å². The molecule has 0 aliphatic carbocycles. The molecule has 2 N–H and O–H groups in total. The number of anilines is 1. The molecule has 0 unspecified atom stereocenters. The van der Waals surface area contributed by atoms with Crippen LogP contribution in [0, 0.1) is 0 Å². The minimum atomic E-state index is -0.226. The van der Waals surface area contributed by atoms with Crippen molar-refractivity contribution < 1.29 is 14.3 Å². The predicted molar refractivity (Wildman–Crippen MR) is 109 cm³/mol. The van der Waals surface area contributed by atoms with Gasteiger partial charge in [0.05, 0.1) is 6.61 Å². The summed E-state index contributed by atoms with van der Waals surface area (Å²) in [6.07, 6.45) is 0. The van der Waals surface area contributed by atoms with Crippen molar-refractivity contribution in [2.75, 3.05) is 17.7 Å². The molecular weight excluding hydrogens is 384 g/mol. The Labute approximate surface area is 167 Å². The lowest BCUT2D eigenvalue weighted by atomic mass is 10.1. The van der Waals surface area contributed by atoms with Gasteiger partial charge in [0.1, 0.15) is 10.7 Å². The zero-order valence-electron chi connectivity index (χ0n) is 14.8. The van der Waals surface area contributed by atoms with Gasteiger partial charge in [-0.25, -0.2) is 0 Å². The number of amides is 2. The SMILES string of the molecule is CC1=C(C(=O)Nc2cccc(C(=O)NCc3ccc(Cl)cc3)c2)SCCO1. The molecule has 0 bridgehead atoms. The molecule has 0 spiro atoms. The molecule has 2 aromatic rings. The molecule has 2 aromatic carbocycles. The average Bonchev–Trinajstić information content (AvgIpc) is 2.68. The van der Waals surface area contributed by atoms with Crippen LogP contribution in [-0.4, -0.2) is 24.2 Å². The summed E-state index contributed by atoms with van der Waals surface area (Å²) in [6.45, 7) is 2.78. The van der Waals surface area contributed by atoms with Crippen molar-refractivity contribution in [3.8, 4) is 0 Å². The minimum Gasteiger partial charge on any atom is -0.496 e. The third kappa shape index (κ3) is 5.28. The van der Waals surface area contributed by atoms with Crippen LogP contribution in [-0.2, 0) is 16.1 Å². The maximum atomic E-state index is 12.4. The molecule has 27 heavy (non-hydrogen) atoms. The first-order valence-corrected chi connectivity index (χ1v) is 9.80. The van der Waals surface area contributed by atoms with E-state index in [1.165, 1.54) is 11.8 Å². The first kappa shape index (κ1) is 19.3. The van der Waals surface area contributed by atoms with Gasteiger partial charge in [-0.3, -0.25) is 9.59 Å². The Morgan fingerprint density at radius 2 is 1.93 bits per heavy atom. The summed E-state index contributed by atoms with van der Waals surface area (Å²) in [5.41, 5.74) is 1.99. The molecule has 0 saturated carbocycles. The Balaban J connectivity index is 1.63. The van der Waals surface area contributed by atoms with Gasteiger partial charge in [-0.15, -0.1) is 11.8 Å². The molecule has 0 fully saturated rings. The summed E-state index contributed by atoms with van der Waals surface area (Å²) < 4.78 is 5.42. The Morgan fingerprint density at radius 1 is 1.15 bits per heavy atom. The fourth-order valence-electron chi connectivity index (χ4n) is 2.54. The summed E-state index contributed by atoms with van der Waals surface area (Å²) in [4.78, 5) is 25.4. The van der Waals surface area contributed by atoms with E-state index in [4.69, 9.17) is 16.3 Å². The van der Waals surface area contributed by atoms with Crippen LogP contribution in [0.15, 0.2) is 59.2 Å². The van der Waals surface area contributed by atoms with Crippen LogP contribution >= 0.6 is 23.4 Å². The number of hydrogen-bond donors (Lipinski definition) is 2. The Hall–Kier alpha value is -2.44. The van der Waals surface area contributed by atoms with E-state index in [-0.39, 0.29) is 11.8 Å². The van der Waals surface area contributed by atoms with Gasteiger partial charge in [-0.1, -0.05) is 29.8 Å². The van der Waals surface area contributed by atoms with Crippen LogP contribution in [0.2, 0.25) is 5.02 Å². The molecule has 140 valence electrons. The summed E-state index contributed by atoms with van der Waals surface area (Å²) in [5, 5.41) is 6.34. The molecule has 0 saturated heterocycles. The summed E-state index contributed by atoms with van der Waals surface area (Å²) in [7, 11) is 0. The van der Waals surface area contributed by atoms with Gasteiger partial charge < -0.3 is 15.4 Å². The molecule has 1 heterocycles. The number of halogens is 1. The van der Waals surface area contributed by atoms with Crippen LogP contribution < -0.4 is 10.6 Å². The third-order valence-electron chi connectivity index (χ3n) is 3.92. The number of carbonyl (C=O) groups is 2. The van der Waals surface area contributed by atoms with Crippen molar-refractivity contribution in [1.29, 1.82) is 0 Å². The fraction of sp³-hybridized carbons (Fsp3) is 0.200. The molecule has 1 aliphatic heterocycles. The van der Waals surface area contributed by atoms with Crippen LogP contribution in [0.4, 0.5) is 5.69 Å². The number of carbonyl (C=O) groups excluding carboxylic acids is 2. The Kier molecular flexibility index (Phi) is 6.42. The highest BCUT2D eigenvalue weighted by Gasteiger charge is 2.19. The van der Waals surface area contributed by atoms with Gasteiger partial charge in [-0.2, -0.15) is 0 Å². The van der Waals surface area contributed by atoms with Gasteiger partial charge in [0.15, 0.2) is 0 Å². The second-order valence-corrected chi connectivity index (χ2v) is 7.47. The lowest BCUT2D eigenvalue weighted by Crippen LogP contribution is -2.23. The van der Waals surface area contributed by atoms with E-state index in [1.807, 2.05) is 12.1 Å². The number of benzene rings is 2. The lowest BCUT2D eigenvalue weighted by Gasteiger charge is -2.17. The number of ether oxygens (including phenoxy) is 1. The standard InChI is InChI=1S/C20H19ClN2O3S/c1-13-18(27-10-9-26-13)20(25)23-17-4-2-3-15(11-17)19(24)22-12-14-5-7-16(21)8-6-14/h2-8,11H,9-10,12H2,1H3,(H,22,24)(H,23,25). The van der Waals surface area contributed by atoms with Gasteiger partial charge >= 0.3 is 0 Å². The Bertz CT molecular complexity index is 881. The Morgan fingerprint density at radius 3 is 2.67 bits per heavy atom. The molecular formula is C20H19ClN2O3S. The molecule has 3 rings (SSSR count). The number of rotatable bonds is 5. The number of hydrogen-bond acceptors (Lipinski definition) is 4. The van der Waals surface area contributed by atoms with Crippen molar-refractivity contribution >= 4 is 40.9 Å². The van der Waals surface area contributed by atoms with Gasteiger partial charge in [0, 0.05) is 28.6 Å². The largest absolute Gasteiger partial charge is 0.496 e. The zero-order chi connectivity index (χ0) is 19.2. The number of thioether (sulfide) groups is 1. The lowest BCUT2D eigenvalue weighted by molar-refractivity contribution is -0.112. The third-order valence-corrected chi connectivity index (χ3v) is 5.31. The quantitative estimate of drug-likeness (QED) is 0.786. The molecule has 0 aromatic heterocycles. The molecule has 7 heteroatoms. The van der Waals surface area contributed by atoms with E-state index in [9.17, 15) is 9.59 Å². The predicted octanol–water partition coefficient (Wildman–Crippen LogP) is 4.20.